The molecule has 0 radical (unpaired) electrons. The van der Waals surface area contributed by atoms with Crippen LogP contribution in [0.3, 0.4) is 0 Å². The molecule has 13 heteroatoms. The Morgan fingerprint density at radius 1 is 1.26 bits per heavy atom. The standard InChI is InChI=1S/C21H28ClN9O2S/c1-10(28-19(33)15-11(7-24-5)17(23)27-9-26-15)20-25-8-13(34-20)18(32)29-14-6-12(21(2,3)4)16(22)31-30-14/h6,8-10,16,24,31H,7H2,1-5H3,(H,28,33)(H2,23,26,27)(H,29,30,32). The van der Waals surface area contributed by atoms with Gasteiger partial charge in [0.05, 0.1) is 12.2 Å². The van der Waals surface area contributed by atoms with Crippen LogP contribution in [0.1, 0.15) is 64.5 Å². The van der Waals surface area contributed by atoms with Crippen LogP contribution in [0.15, 0.2) is 29.3 Å². The van der Waals surface area contributed by atoms with Gasteiger partial charge in [-0.25, -0.2) is 15.0 Å². The molecule has 0 spiro atoms. The van der Waals surface area contributed by atoms with E-state index in [0.717, 1.165) is 5.57 Å². The van der Waals surface area contributed by atoms with Crippen LogP contribution in [0.4, 0.5) is 5.82 Å². The number of carbonyl (C=O) groups excluding carboxylic acids is 2. The largest absolute Gasteiger partial charge is 0.383 e. The highest BCUT2D eigenvalue weighted by Crippen LogP contribution is 2.31. The molecule has 2 atom stereocenters. The molecule has 3 rings (SSSR count). The number of hydrazone groups is 1. The van der Waals surface area contributed by atoms with Gasteiger partial charge < -0.3 is 21.7 Å². The molecule has 6 N–H and O–H groups in total. The number of thiazole rings is 1. The molecule has 182 valence electrons. The first-order valence-corrected chi connectivity index (χ1v) is 11.8. The molecule has 0 saturated heterocycles. The zero-order valence-corrected chi connectivity index (χ0v) is 21.1. The molecule has 2 unspecified atom stereocenters. The molecule has 3 heterocycles. The van der Waals surface area contributed by atoms with Gasteiger partial charge in [0, 0.05) is 12.1 Å². The van der Waals surface area contributed by atoms with Crippen molar-refractivity contribution in [2.75, 3.05) is 12.8 Å². The second-order valence-electron chi connectivity index (χ2n) is 8.67. The highest BCUT2D eigenvalue weighted by molar-refractivity contribution is 7.13. The number of nitrogens with one attached hydrogen (secondary N) is 4. The van der Waals surface area contributed by atoms with Crippen LogP contribution in [0, 0.1) is 5.41 Å². The van der Waals surface area contributed by atoms with Gasteiger partial charge in [-0.05, 0) is 31.0 Å². The third-order valence-corrected chi connectivity index (χ3v) is 6.50. The summed E-state index contributed by atoms with van der Waals surface area (Å²) in [5.74, 6) is -0.174. The predicted molar refractivity (Wildman–Crippen MR) is 132 cm³/mol. The van der Waals surface area contributed by atoms with Gasteiger partial charge in [-0.2, -0.15) is 5.10 Å². The van der Waals surface area contributed by atoms with Crippen LogP contribution in [0.5, 0.6) is 0 Å². The number of rotatable bonds is 6. The van der Waals surface area contributed by atoms with Crippen LogP contribution in [0.2, 0.25) is 0 Å². The number of nitrogens with zero attached hydrogens (tertiary/aromatic N) is 4. The SMILES string of the molecule is CNCc1c(N)ncnc1C(=O)NC(C)c1ncc(C(=O)NC2=NNC(Cl)C(C(C)(C)C)=C2)s1. The average Bonchev–Trinajstić information content (AvgIpc) is 3.26. The van der Waals surface area contributed by atoms with E-state index in [0.29, 0.717) is 27.8 Å². The summed E-state index contributed by atoms with van der Waals surface area (Å²) in [5.41, 5.74) is 9.66. The van der Waals surface area contributed by atoms with Crippen LogP contribution >= 0.6 is 22.9 Å². The van der Waals surface area contributed by atoms with Crippen molar-refractivity contribution in [3.63, 3.8) is 0 Å². The number of hydrogen-bond acceptors (Lipinski definition) is 10. The van der Waals surface area contributed by atoms with E-state index < -0.39 is 17.5 Å². The van der Waals surface area contributed by atoms with E-state index in [-0.39, 0.29) is 22.8 Å². The Hall–Kier alpha value is -3.09. The highest BCUT2D eigenvalue weighted by atomic mass is 35.5. The summed E-state index contributed by atoms with van der Waals surface area (Å²) < 4.78 is 0. The van der Waals surface area contributed by atoms with Crippen LogP contribution in [0.25, 0.3) is 0 Å². The van der Waals surface area contributed by atoms with Crippen molar-refractivity contribution in [2.24, 2.45) is 10.5 Å². The van der Waals surface area contributed by atoms with Crippen molar-refractivity contribution >= 4 is 46.4 Å². The smallest absolute Gasteiger partial charge is 0.270 e. The number of amides is 2. The lowest BCUT2D eigenvalue weighted by Gasteiger charge is -2.29. The second kappa shape index (κ2) is 10.5. The number of anilines is 1. The maximum Gasteiger partial charge on any atom is 0.270 e. The van der Waals surface area contributed by atoms with Crippen molar-refractivity contribution < 1.29 is 9.59 Å². The first-order chi connectivity index (χ1) is 16.0. The lowest BCUT2D eigenvalue weighted by atomic mass is 9.85. The number of alkyl halides is 1. The van der Waals surface area contributed by atoms with E-state index >= 15 is 0 Å². The molecule has 11 nitrogen and oxygen atoms in total. The van der Waals surface area contributed by atoms with E-state index in [1.807, 2.05) is 20.8 Å². The van der Waals surface area contributed by atoms with Gasteiger partial charge in [0.25, 0.3) is 11.8 Å². The molecule has 2 aromatic rings. The third-order valence-electron chi connectivity index (χ3n) is 4.98. The number of aromatic nitrogens is 3. The van der Waals surface area contributed by atoms with Gasteiger partial charge >= 0.3 is 0 Å². The Kier molecular flexibility index (Phi) is 7.85. The number of nitrogen functional groups attached to an aromatic ring is 1. The molecule has 0 aliphatic carbocycles. The van der Waals surface area contributed by atoms with Crippen molar-refractivity contribution in [2.45, 2.75) is 45.8 Å². The van der Waals surface area contributed by atoms with Crippen molar-refractivity contribution in [1.82, 2.24) is 36.3 Å². The predicted octanol–water partition coefficient (Wildman–Crippen LogP) is 1.91. The van der Waals surface area contributed by atoms with Gasteiger partial charge in [0.15, 0.2) is 5.84 Å². The summed E-state index contributed by atoms with van der Waals surface area (Å²) in [5, 5.41) is 13.2. The first kappa shape index (κ1) is 25.5. The Bertz CT molecular complexity index is 1140. The molecular formula is C21H28ClN9O2S. The Balaban J connectivity index is 1.68. The minimum absolute atomic E-state index is 0.185. The van der Waals surface area contributed by atoms with Gasteiger partial charge in [-0.15, -0.1) is 11.3 Å². The van der Waals surface area contributed by atoms with Gasteiger partial charge in [-0.3, -0.25) is 15.0 Å². The third kappa shape index (κ3) is 5.88. The molecule has 1 aliphatic heterocycles. The van der Waals surface area contributed by atoms with Crippen molar-refractivity contribution in [3.05, 3.63) is 45.3 Å². The van der Waals surface area contributed by atoms with Crippen LogP contribution < -0.4 is 27.1 Å². The molecule has 34 heavy (non-hydrogen) atoms. The Labute approximate surface area is 206 Å². The quantitative estimate of drug-likeness (QED) is 0.294. The molecule has 0 aromatic carbocycles. The summed E-state index contributed by atoms with van der Waals surface area (Å²) >= 11 is 7.46. The lowest BCUT2D eigenvalue weighted by molar-refractivity contribution is 0.0932. The van der Waals surface area contributed by atoms with Gasteiger partial charge in [0.2, 0.25) is 0 Å². The fourth-order valence-electron chi connectivity index (χ4n) is 3.18. The summed E-state index contributed by atoms with van der Waals surface area (Å²) in [4.78, 5) is 38.2. The number of nitrogens with two attached hydrogens (primary N) is 1. The first-order valence-electron chi connectivity index (χ1n) is 10.5. The van der Waals surface area contributed by atoms with Gasteiger partial charge in [-0.1, -0.05) is 32.4 Å². The molecule has 2 amide bonds. The summed E-state index contributed by atoms with van der Waals surface area (Å²) in [7, 11) is 1.74. The zero-order valence-electron chi connectivity index (χ0n) is 19.6. The zero-order chi connectivity index (χ0) is 25.0. The average molecular weight is 506 g/mol. The fraction of sp³-hybridized carbons (Fsp3) is 0.429. The summed E-state index contributed by atoms with van der Waals surface area (Å²) in [6.07, 6.45) is 4.48. The topological polar surface area (TPSA) is 159 Å². The van der Waals surface area contributed by atoms with Crippen LogP contribution in [-0.4, -0.2) is 45.2 Å². The van der Waals surface area contributed by atoms with E-state index in [2.05, 4.69) is 41.4 Å². The molecule has 2 aromatic heterocycles. The monoisotopic (exact) mass is 505 g/mol. The molecule has 0 bridgehead atoms. The maximum atomic E-state index is 12.8. The minimum Gasteiger partial charge on any atom is -0.383 e. The summed E-state index contributed by atoms with van der Waals surface area (Å²) in [6.45, 7) is 8.21. The molecular weight excluding hydrogens is 478 g/mol. The molecule has 0 saturated carbocycles. The van der Waals surface area contributed by atoms with E-state index in [1.165, 1.54) is 23.9 Å². The number of halogens is 1. The van der Waals surface area contributed by atoms with Gasteiger partial charge in [0.1, 0.15) is 33.2 Å². The Morgan fingerprint density at radius 3 is 2.68 bits per heavy atom. The molecule has 1 aliphatic rings. The van der Waals surface area contributed by atoms with E-state index in [4.69, 9.17) is 17.3 Å². The maximum absolute atomic E-state index is 12.8. The number of amidine groups is 1. The van der Waals surface area contributed by atoms with E-state index in [9.17, 15) is 9.59 Å². The summed E-state index contributed by atoms with van der Waals surface area (Å²) in [6, 6.07) is -0.462. The second-order valence-corrected chi connectivity index (χ2v) is 10.2. The van der Waals surface area contributed by atoms with E-state index in [1.54, 1.807) is 20.0 Å². The number of hydrogen-bond donors (Lipinski definition) is 5. The fourth-order valence-corrected chi connectivity index (χ4v) is 4.43. The lowest BCUT2D eigenvalue weighted by Crippen LogP contribution is -2.39. The minimum atomic E-state index is -0.462. The number of carbonyl (C=O) groups is 2. The van der Waals surface area contributed by atoms with Crippen LogP contribution in [-0.2, 0) is 6.54 Å². The normalized spacial score (nSPS) is 16.7. The highest BCUT2D eigenvalue weighted by Gasteiger charge is 2.28. The van der Waals surface area contributed by atoms with Crippen molar-refractivity contribution in [3.8, 4) is 0 Å². The van der Waals surface area contributed by atoms with Crippen molar-refractivity contribution in [1.29, 1.82) is 0 Å². The molecule has 0 fully saturated rings. The Morgan fingerprint density at radius 2 is 2.00 bits per heavy atom.